The van der Waals surface area contributed by atoms with Crippen LogP contribution in [-0.4, -0.2) is 19.3 Å². The van der Waals surface area contributed by atoms with E-state index in [1.807, 2.05) is 0 Å². The van der Waals surface area contributed by atoms with Gasteiger partial charge in [0.15, 0.2) is 0 Å². The van der Waals surface area contributed by atoms with Gasteiger partial charge in [0.25, 0.3) is 0 Å². The van der Waals surface area contributed by atoms with Gasteiger partial charge in [-0.2, -0.15) is 13.2 Å². The fraction of sp³-hybridized carbons (Fsp3) is 0.538. The minimum atomic E-state index is -4.23. The summed E-state index contributed by atoms with van der Waals surface area (Å²) in [7, 11) is 0. The van der Waals surface area contributed by atoms with E-state index in [1.165, 1.54) is 17.0 Å². The second-order valence-electron chi connectivity index (χ2n) is 4.71. The van der Waals surface area contributed by atoms with Crippen LogP contribution in [0, 0.1) is 11.7 Å². The lowest BCUT2D eigenvalue weighted by molar-refractivity contribution is -0.176. The van der Waals surface area contributed by atoms with Crippen LogP contribution in [0.1, 0.15) is 18.4 Å². The van der Waals surface area contributed by atoms with Gasteiger partial charge < -0.3 is 4.90 Å². The fourth-order valence-electron chi connectivity index (χ4n) is 2.47. The van der Waals surface area contributed by atoms with Crippen LogP contribution in [0.3, 0.4) is 0 Å². The van der Waals surface area contributed by atoms with Gasteiger partial charge in [0.05, 0.1) is 11.6 Å². The number of piperidine rings is 1. The predicted octanol–water partition coefficient (Wildman–Crippen LogP) is 4.34. The van der Waals surface area contributed by atoms with Gasteiger partial charge in [0.2, 0.25) is 0 Å². The lowest BCUT2D eigenvalue weighted by Gasteiger charge is -2.36. The second-order valence-corrected chi connectivity index (χ2v) is 4.98. The summed E-state index contributed by atoms with van der Waals surface area (Å²) in [5.74, 6) is -1.83. The van der Waals surface area contributed by atoms with Crippen molar-refractivity contribution in [2.45, 2.75) is 24.9 Å². The van der Waals surface area contributed by atoms with Crippen molar-refractivity contribution in [1.29, 1.82) is 0 Å². The van der Waals surface area contributed by atoms with Crippen LogP contribution in [0.2, 0.25) is 0 Å². The number of benzene rings is 1. The first-order valence-corrected chi connectivity index (χ1v) is 6.62. The van der Waals surface area contributed by atoms with Crippen molar-refractivity contribution >= 4 is 17.3 Å². The number of hydrogen-bond donors (Lipinski definition) is 0. The Morgan fingerprint density at radius 3 is 2.68 bits per heavy atom. The van der Waals surface area contributed by atoms with Gasteiger partial charge in [0.1, 0.15) is 5.82 Å². The molecule has 1 atom stereocenters. The van der Waals surface area contributed by atoms with Crippen LogP contribution in [0.15, 0.2) is 18.2 Å². The molecule has 1 nitrogen and oxygen atoms in total. The highest BCUT2D eigenvalue weighted by atomic mass is 35.5. The minimum absolute atomic E-state index is 0.0836. The smallest absolute Gasteiger partial charge is 0.368 e. The van der Waals surface area contributed by atoms with E-state index < -0.39 is 17.9 Å². The zero-order valence-electron chi connectivity index (χ0n) is 10.2. The molecule has 19 heavy (non-hydrogen) atoms. The summed E-state index contributed by atoms with van der Waals surface area (Å²) in [5.41, 5.74) is 0.746. The maximum atomic E-state index is 13.9. The average molecular weight is 296 g/mol. The van der Waals surface area contributed by atoms with Gasteiger partial charge in [0, 0.05) is 19.0 Å². The molecular weight excluding hydrogens is 282 g/mol. The molecule has 2 rings (SSSR count). The Morgan fingerprint density at radius 1 is 1.32 bits per heavy atom. The largest absolute Gasteiger partial charge is 0.393 e. The lowest BCUT2D eigenvalue weighted by Crippen LogP contribution is -2.42. The highest BCUT2D eigenvalue weighted by Gasteiger charge is 2.42. The number of hydrogen-bond acceptors (Lipinski definition) is 1. The van der Waals surface area contributed by atoms with Gasteiger partial charge in [-0.15, -0.1) is 11.6 Å². The van der Waals surface area contributed by atoms with E-state index in [9.17, 15) is 17.6 Å². The molecule has 0 saturated carbocycles. The number of halogens is 5. The first-order chi connectivity index (χ1) is 8.93. The Morgan fingerprint density at radius 2 is 2.05 bits per heavy atom. The van der Waals surface area contributed by atoms with Crippen molar-refractivity contribution in [2.24, 2.45) is 5.92 Å². The molecule has 0 aliphatic carbocycles. The molecule has 1 aliphatic rings. The molecule has 1 aromatic rings. The molecular formula is C13H14ClF4N. The van der Waals surface area contributed by atoms with Gasteiger partial charge in [-0.05, 0) is 24.5 Å². The quantitative estimate of drug-likeness (QED) is 0.579. The Balaban J connectivity index is 2.27. The summed E-state index contributed by atoms with van der Waals surface area (Å²) in [6.07, 6.45) is -3.73. The zero-order chi connectivity index (χ0) is 14.0. The van der Waals surface area contributed by atoms with Crippen LogP contribution < -0.4 is 4.90 Å². The second kappa shape index (κ2) is 5.57. The maximum Gasteiger partial charge on any atom is 0.393 e. The van der Waals surface area contributed by atoms with Crippen molar-refractivity contribution in [3.8, 4) is 0 Å². The van der Waals surface area contributed by atoms with E-state index in [0.717, 1.165) is 0 Å². The number of para-hydroxylation sites is 1. The zero-order valence-corrected chi connectivity index (χ0v) is 10.9. The monoisotopic (exact) mass is 295 g/mol. The molecule has 1 fully saturated rings. The highest BCUT2D eigenvalue weighted by molar-refractivity contribution is 6.17. The van der Waals surface area contributed by atoms with Crippen LogP contribution in [-0.2, 0) is 5.88 Å². The summed E-state index contributed by atoms with van der Waals surface area (Å²) in [6.45, 7) is 0.228. The Kier molecular flexibility index (Phi) is 4.23. The number of anilines is 1. The number of nitrogens with zero attached hydrogens (tertiary/aromatic N) is 1. The maximum absolute atomic E-state index is 13.9. The van der Waals surface area contributed by atoms with Crippen molar-refractivity contribution in [3.05, 3.63) is 29.6 Å². The molecule has 1 unspecified atom stereocenters. The number of alkyl halides is 4. The third-order valence-electron chi connectivity index (χ3n) is 3.41. The summed E-state index contributed by atoms with van der Waals surface area (Å²) in [5, 5.41) is 0. The van der Waals surface area contributed by atoms with E-state index in [-0.39, 0.29) is 24.5 Å². The van der Waals surface area contributed by atoms with E-state index in [4.69, 9.17) is 11.6 Å². The Bertz CT molecular complexity index is 447. The number of rotatable bonds is 2. The Hall–Kier alpha value is -0.970. The Labute approximate surface area is 114 Å². The van der Waals surface area contributed by atoms with Gasteiger partial charge in [-0.25, -0.2) is 4.39 Å². The summed E-state index contributed by atoms with van der Waals surface area (Å²) in [6, 6.07) is 4.41. The van der Waals surface area contributed by atoms with Crippen molar-refractivity contribution in [1.82, 2.24) is 0 Å². The molecule has 0 aromatic heterocycles. The standard InChI is InChI=1S/C13H14ClF4N/c14-7-9-3-1-5-11(15)12(9)19-6-2-4-10(8-19)13(16,17)18/h1,3,5,10H,2,4,6-8H2. The third-order valence-corrected chi connectivity index (χ3v) is 3.70. The molecule has 0 bridgehead atoms. The lowest BCUT2D eigenvalue weighted by atomic mass is 9.96. The van der Waals surface area contributed by atoms with E-state index >= 15 is 0 Å². The molecule has 0 amide bonds. The predicted molar refractivity (Wildman–Crippen MR) is 66.9 cm³/mol. The summed E-state index contributed by atoms with van der Waals surface area (Å²) in [4.78, 5) is 1.47. The molecule has 1 aliphatic heterocycles. The molecule has 6 heteroatoms. The molecule has 1 heterocycles. The van der Waals surface area contributed by atoms with Crippen molar-refractivity contribution in [3.63, 3.8) is 0 Å². The van der Waals surface area contributed by atoms with Crippen molar-refractivity contribution < 1.29 is 17.6 Å². The van der Waals surface area contributed by atoms with Crippen molar-refractivity contribution in [2.75, 3.05) is 18.0 Å². The van der Waals surface area contributed by atoms with Crippen LogP contribution in [0.25, 0.3) is 0 Å². The topological polar surface area (TPSA) is 3.24 Å². The third kappa shape index (κ3) is 3.14. The van der Waals surface area contributed by atoms with Crippen LogP contribution in [0.5, 0.6) is 0 Å². The van der Waals surface area contributed by atoms with Gasteiger partial charge in [-0.1, -0.05) is 12.1 Å². The van der Waals surface area contributed by atoms with E-state index in [0.29, 0.717) is 18.5 Å². The summed E-state index contributed by atoms with van der Waals surface area (Å²) >= 11 is 5.73. The molecule has 0 N–H and O–H groups in total. The van der Waals surface area contributed by atoms with E-state index in [2.05, 4.69) is 0 Å². The van der Waals surface area contributed by atoms with Crippen LogP contribution in [0.4, 0.5) is 23.2 Å². The van der Waals surface area contributed by atoms with Gasteiger partial charge in [-0.3, -0.25) is 0 Å². The van der Waals surface area contributed by atoms with Gasteiger partial charge >= 0.3 is 6.18 Å². The minimum Gasteiger partial charge on any atom is -0.368 e. The molecule has 1 saturated heterocycles. The highest BCUT2D eigenvalue weighted by Crippen LogP contribution is 2.36. The first-order valence-electron chi connectivity index (χ1n) is 6.08. The SMILES string of the molecule is Fc1cccc(CCl)c1N1CCCC(C(F)(F)F)C1. The normalized spacial score (nSPS) is 20.7. The van der Waals surface area contributed by atoms with Crippen LogP contribution >= 0.6 is 11.6 Å². The first kappa shape index (κ1) is 14.4. The average Bonchev–Trinajstić information content (AvgIpc) is 2.37. The molecule has 1 aromatic carbocycles. The molecule has 0 spiro atoms. The van der Waals surface area contributed by atoms with E-state index in [1.54, 1.807) is 6.07 Å². The fourth-order valence-corrected chi connectivity index (χ4v) is 2.69. The molecule has 106 valence electrons. The molecule has 0 radical (unpaired) electrons. The summed E-state index contributed by atoms with van der Waals surface area (Å²) < 4.78 is 52.2.